The summed E-state index contributed by atoms with van der Waals surface area (Å²) in [5, 5.41) is 65.7. The highest BCUT2D eigenvalue weighted by atomic mass is 35.5. The van der Waals surface area contributed by atoms with Gasteiger partial charge in [0.1, 0.15) is 38.9 Å². The molecule has 15 aromatic heterocycles. The SMILES string of the molecule is CCCCNc1nc(N)nc2ccn(Cc3ccc(F)c(Cl)c3)c12.CCCCNc1nc(N)nc2ccn(Cc3cccc(C)n3)c12.CCCCNc1nc(N)nc2ccn(Cc3ccccc3Cl)c12.CCCC[C@@H](CO)Nc1nc(N)nc2ccn(Cc3cccnn3)c12.CCC[C@@H](CO)Nc1nc(N)nc2ccn(Cc3ccccc3)c12.CCC[C@@H](CO)Nc1nc(N)nc2ccn(Cc3cccnn3)c12. The van der Waals surface area contributed by atoms with Crippen LogP contribution < -0.4 is 66.3 Å². The topological polar surface area (TPSA) is 538 Å². The van der Waals surface area contributed by atoms with Crippen LogP contribution >= 0.6 is 23.2 Å². The molecule has 0 spiro atoms. The fourth-order valence-electron chi connectivity index (χ4n) is 16.2. The zero-order chi connectivity index (χ0) is 101. The maximum atomic E-state index is 13.3. The maximum Gasteiger partial charge on any atom is 0.222 e. The Hall–Kier alpha value is -15.3. The van der Waals surface area contributed by atoms with Crippen LogP contribution in [-0.2, 0) is 39.3 Å². The van der Waals surface area contributed by atoms with E-state index in [-0.39, 0.29) is 72.7 Å². The molecule has 41 heteroatoms. The molecule has 0 aliphatic carbocycles. The number of anilines is 12. The molecule has 15 heterocycles. The van der Waals surface area contributed by atoms with Crippen molar-refractivity contribution in [1.29, 1.82) is 0 Å². The van der Waals surface area contributed by atoms with Crippen molar-refractivity contribution in [3.63, 3.8) is 0 Å². The largest absolute Gasteiger partial charge is 0.394 e. The predicted octanol–water partition coefficient (Wildman–Crippen LogP) is 16.8. The third-order valence-corrected chi connectivity index (χ3v) is 23.8. The third-order valence-electron chi connectivity index (χ3n) is 23.1. The number of aromatic nitrogens is 23. The Morgan fingerprint density at radius 3 is 1.02 bits per heavy atom. The van der Waals surface area contributed by atoms with E-state index in [1.165, 1.54) is 11.6 Å². The van der Waals surface area contributed by atoms with E-state index in [0.29, 0.717) is 61.9 Å². The second-order valence-electron chi connectivity index (χ2n) is 34.3. The van der Waals surface area contributed by atoms with Gasteiger partial charge in [-0.1, -0.05) is 170 Å². The van der Waals surface area contributed by atoms with E-state index in [9.17, 15) is 19.7 Å². The molecular formula is C102H128Cl2FN35O3. The number of aliphatic hydroxyl groups excluding tert-OH is 3. The number of aliphatic hydroxyl groups is 3. The summed E-state index contributed by atoms with van der Waals surface area (Å²) in [4.78, 5) is 56.5. The number of pyridine rings is 1. The lowest BCUT2D eigenvalue weighted by molar-refractivity contribution is 0.267. The summed E-state index contributed by atoms with van der Waals surface area (Å²) in [5.74, 6) is 5.25. The fourth-order valence-corrected chi connectivity index (χ4v) is 16.6. The normalized spacial score (nSPS) is 11.8. The Balaban J connectivity index is 0.000000144. The molecule has 0 bridgehead atoms. The van der Waals surface area contributed by atoms with Crippen molar-refractivity contribution >= 4 is 160 Å². The van der Waals surface area contributed by atoms with Crippen molar-refractivity contribution in [3.8, 4) is 0 Å². The molecule has 3 aromatic carbocycles. The minimum Gasteiger partial charge on any atom is -0.394 e. The number of nitrogens with two attached hydrogens (primary N) is 6. The highest BCUT2D eigenvalue weighted by Crippen LogP contribution is 2.33. The van der Waals surface area contributed by atoms with Crippen LogP contribution in [0.5, 0.6) is 0 Å². The molecule has 38 nitrogen and oxygen atoms in total. The van der Waals surface area contributed by atoms with Gasteiger partial charge in [0.05, 0.1) is 113 Å². The molecule has 3 atom stereocenters. The van der Waals surface area contributed by atoms with Crippen molar-refractivity contribution in [2.45, 2.75) is 189 Å². The van der Waals surface area contributed by atoms with Crippen molar-refractivity contribution < 1.29 is 19.7 Å². The summed E-state index contributed by atoms with van der Waals surface area (Å²) in [6, 6.07) is 47.7. The molecule has 0 fully saturated rings. The minimum atomic E-state index is -0.421. The fraction of sp³-hybridized carbons (Fsp3) is 0.343. The van der Waals surface area contributed by atoms with Crippen molar-refractivity contribution in [3.05, 3.63) is 257 Å². The predicted molar refractivity (Wildman–Crippen MR) is 572 cm³/mol. The van der Waals surface area contributed by atoms with Gasteiger partial charge >= 0.3 is 0 Å². The van der Waals surface area contributed by atoms with Crippen LogP contribution in [-0.4, -0.2) is 185 Å². The number of hydrogen-bond acceptors (Lipinski definition) is 32. The molecule has 18 rings (SSSR count). The number of fused-ring (bicyclic) bond motifs is 6. The van der Waals surface area contributed by atoms with Gasteiger partial charge in [-0.05, 0) is 153 Å². The van der Waals surface area contributed by atoms with Crippen LogP contribution in [0.1, 0.15) is 164 Å². The van der Waals surface area contributed by atoms with Crippen molar-refractivity contribution in [1.82, 2.24) is 113 Å². The Morgan fingerprint density at radius 1 is 0.322 bits per heavy atom. The molecule has 0 radical (unpaired) electrons. The Kier molecular flexibility index (Phi) is 38.8. The van der Waals surface area contributed by atoms with Crippen LogP contribution in [0.2, 0.25) is 10.0 Å². The third kappa shape index (κ3) is 29.2. The standard InChI is InChI=1S/C18H23N5O.C17H19ClFN5.C17H20ClN5.C17H23N7O.C17H22N6.C16H21N7O/c1-2-6-14(12-24)20-17-16-15(21-18(19)22-17)9-10-23(16)11-13-7-4-3-5-8-13;1-2-3-7-21-16-15-14(22-17(20)23-16)6-8-24(15)10-11-4-5-13(19)12(18)9-11;1-2-3-9-20-16-15-14(21-17(19)22-16)8-10-23(15)11-12-6-4-5-7-13(12)18;1-2-3-5-13(11-25)20-16-15-14(21-17(18)22-16)7-9-24(15)10-12-6-4-8-19-23-12;1-3-4-9-19-16-15-14(21-17(18)22-16)8-10-23(15)11-13-7-5-6-12(2)20-13;1-2-4-12(10-24)19-15-14-13(20-16(17)21-15)6-8-23(14)9-11-5-3-7-18-22-11/h3-5,7-10,14,24H,2,6,11-12H2,1H3,(H3,19,20,21,22);4-6,8-9H,2-3,7,10H2,1H3,(H3,20,21,22,23);4-8,10H,2-3,9,11H2,1H3,(H3,19,20,21,22);4,6-9,13,25H,2-3,5,10-11H2,1H3,(H3,18,20,21,22);5-8,10H,3-4,9,11H2,1-2H3,(H3,18,19,21,22);3,5-8,12,24H,2,4,9-10H2,1H3,(H3,17,19,20,21)/t14-;;;13-;;12-/m0..0.0/s1. The summed E-state index contributed by atoms with van der Waals surface area (Å²) in [6.07, 6.45) is 28.2. The first-order valence-electron chi connectivity index (χ1n) is 48.3. The zero-order valence-electron chi connectivity index (χ0n) is 81.7. The van der Waals surface area contributed by atoms with Gasteiger partial charge in [-0.2, -0.15) is 50.3 Å². The van der Waals surface area contributed by atoms with Gasteiger partial charge < -0.3 is 109 Å². The first kappa shape index (κ1) is 105. The summed E-state index contributed by atoms with van der Waals surface area (Å²) < 4.78 is 25.7. The van der Waals surface area contributed by atoms with Crippen molar-refractivity contribution in [2.75, 3.05) is 106 Å². The molecule has 0 saturated carbocycles. The molecule has 750 valence electrons. The zero-order valence-corrected chi connectivity index (χ0v) is 83.2. The maximum absolute atomic E-state index is 13.3. The molecule has 0 unspecified atom stereocenters. The lowest BCUT2D eigenvalue weighted by atomic mass is 10.1. The van der Waals surface area contributed by atoms with Gasteiger partial charge in [0.25, 0.3) is 0 Å². The number of unbranched alkanes of at least 4 members (excludes halogenated alkanes) is 4. The molecule has 18 aromatic rings. The van der Waals surface area contributed by atoms with Crippen LogP contribution in [0.25, 0.3) is 66.2 Å². The van der Waals surface area contributed by atoms with Crippen LogP contribution in [0.15, 0.2) is 201 Å². The minimum absolute atomic E-state index is 0.0319. The molecule has 143 heavy (non-hydrogen) atoms. The van der Waals surface area contributed by atoms with Gasteiger partial charge in [0.2, 0.25) is 35.7 Å². The molecule has 0 amide bonds. The van der Waals surface area contributed by atoms with Crippen LogP contribution in [0.4, 0.5) is 75.0 Å². The van der Waals surface area contributed by atoms with Gasteiger partial charge in [-0.25, -0.2) is 34.3 Å². The summed E-state index contributed by atoms with van der Waals surface area (Å²) in [6.45, 7) is 21.1. The molecule has 0 aliphatic rings. The molecule has 0 saturated heterocycles. The van der Waals surface area contributed by atoms with Crippen LogP contribution in [0, 0.1) is 12.7 Å². The van der Waals surface area contributed by atoms with Gasteiger partial charge in [-0.3, -0.25) is 4.98 Å². The van der Waals surface area contributed by atoms with Crippen molar-refractivity contribution in [2.24, 2.45) is 0 Å². The second kappa shape index (κ2) is 52.8. The Bertz CT molecular complexity index is 6930. The summed E-state index contributed by atoms with van der Waals surface area (Å²) >= 11 is 12.2. The number of nitrogens with one attached hydrogen (secondary N) is 6. The number of nitrogens with zero attached hydrogens (tertiary/aromatic N) is 23. The average molecular weight is 1980 g/mol. The number of benzene rings is 3. The van der Waals surface area contributed by atoms with Gasteiger partial charge in [-0.15, -0.1) is 0 Å². The van der Waals surface area contributed by atoms with Crippen LogP contribution in [0.3, 0.4) is 0 Å². The quantitative estimate of drug-likeness (QED) is 0.0159. The molecule has 21 N–H and O–H groups in total. The summed E-state index contributed by atoms with van der Waals surface area (Å²) in [7, 11) is 0. The van der Waals surface area contributed by atoms with E-state index in [1.54, 1.807) is 24.5 Å². The molecular weight excluding hydrogens is 1850 g/mol. The average Bonchev–Trinajstić information content (AvgIpc) is 1.73. The lowest BCUT2D eigenvalue weighted by Crippen LogP contribution is -2.25. The highest BCUT2D eigenvalue weighted by molar-refractivity contribution is 6.31. The lowest BCUT2D eigenvalue weighted by Gasteiger charge is -2.18. The Morgan fingerprint density at radius 2 is 0.664 bits per heavy atom. The number of aryl methyl sites for hydroxylation is 1. The highest BCUT2D eigenvalue weighted by Gasteiger charge is 2.23. The van der Waals surface area contributed by atoms with E-state index in [2.05, 4.69) is 184 Å². The monoisotopic (exact) mass is 1980 g/mol. The second-order valence-corrected chi connectivity index (χ2v) is 35.1. The number of nitrogen functional groups attached to an aromatic ring is 6. The summed E-state index contributed by atoms with van der Waals surface area (Å²) in [5.41, 5.74) is 52.0. The number of rotatable bonds is 40. The van der Waals surface area contributed by atoms with E-state index in [1.807, 2.05) is 179 Å². The van der Waals surface area contributed by atoms with E-state index in [0.717, 1.165) is 226 Å². The van der Waals surface area contributed by atoms with Gasteiger partial charge in [0.15, 0.2) is 34.9 Å². The van der Waals surface area contributed by atoms with E-state index < -0.39 is 5.82 Å². The smallest absolute Gasteiger partial charge is 0.222 e. The number of hydrogen-bond donors (Lipinski definition) is 15. The first-order valence-corrected chi connectivity index (χ1v) is 49.1. The molecule has 0 aliphatic heterocycles. The van der Waals surface area contributed by atoms with E-state index >= 15 is 0 Å². The van der Waals surface area contributed by atoms with Gasteiger partial charge in [0, 0.05) is 99.6 Å². The van der Waals surface area contributed by atoms with E-state index in [4.69, 9.17) is 57.6 Å². The number of halogens is 3. The first-order chi connectivity index (χ1) is 69.6. The Labute approximate surface area is 839 Å².